The lowest BCUT2D eigenvalue weighted by atomic mass is 10.1. The maximum atomic E-state index is 12.3. The zero-order valence-electron chi connectivity index (χ0n) is 16.6. The van der Waals surface area contributed by atoms with E-state index in [0.29, 0.717) is 29.1 Å². The zero-order valence-corrected chi connectivity index (χ0v) is 17.4. The minimum atomic E-state index is -0.421. The number of aromatic nitrogens is 2. The number of likely N-dealkylation sites (N-methyl/N-ethyl adjacent to an activating group) is 1. The molecule has 0 atom stereocenters. The van der Waals surface area contributed by atoms with Gasteiger partial charge in [-0.2, -0.15) is 0 Å². The van der Waals surface area contributed by atoms with Crippen molar-refractivity contribution in [3.05, 3.63) is 20.4 Å². The fourth-order valence-electron chi connectivity index (χ4n) is 4.13. The molecule has 8 nitrogen and oxygen atoms in total. The molecule has 1 saturated carbocycles. The lowest BCUT2D eigenvalue weighted by molar-refractivity contribution is 0.271. The highest BCUT2D eigenvalue weighted by Crippen LogP contribution is 2.35. The minimum Gasteiger partial charge on any atom is -0.377 e. The molecule has 1 N–H and O–H groups in total. The van der Waals surface area contributed by atoms with Crippen molar-refractivity contribution in [1.82, 2.24) is 15.1 Å². The van der Waals surface area contributed by atoms with Gasteiger partial charge >= 0.3 is 0 Å². The van der Waals surface area contributed by atoms with Gasteiger partial charge in [0.2, 0.25) is 10.3 Å². The summed E-state index contributed by atoms with van der Waals surface area (Å²) in [6, 6.07) is 0.292. The number of nitrogens with zero attached hydrogens (tertiary/aromatic N) is 5. The molecule has 1 aliphatic heterocycles. The number of rotatable bonds is 7. The van der Waals surface area contributed by atoms with E-state index in [2.05, 4.69) is 32.2 Å². The molecule has 2 aromatic rings. The Morgan fingerprint density at radius 3 is 2.43 bits per heavy atom. The molecule has 1 saturated heterocycles. The Kier molecular flexibility index (Phi) is 5.63. The second-order valence-corrected chi connectivity index (χ2v) is 8.47. The molecule has 1 aromatic carbocycles. The summed E-state index contributed by atoms with van der Waals surface area (Å²) in [5.74, 6) is 0. The second-order valence-electron chi connectivity index (χ2n) is 7.54. The van der Waals surface area contributed by atoms with E-state index < -0.39 is 10.9 Å². The van der Waals surface area contributed by atoms with Crippen molar-refractivity contribution in [2.24, 2.45) is 0 Å². The third-order valence-electron chi connectivity index (χ3n) is 5.90. The molecule has 2 heterocycles. The van der Waals surface area contributed by atoms with E-state index in [9.17, 15) is 9.59 Å². The highest BCUT2D eigenvalue weighted by atomic mass is 32.1. The predicted octanol–water partition coefficient (Wildman–Crippen LogP) is 1.79. The summed E-state index contributed by atoms with van der Waals surface area (Å²) < 4.78 is 0. The largest absolute Gasteiger partial charge is 0.377 e. The lowest BCUT2D eigenvalue weighted by Crippen LogP contribution is -2.46. The number of hydrogen-bond acceptors (Lipinski definition) is 9. The van der Waals surface area contributed by atoms with E-state index in [0.717, 1.165) is 50.7 Å². The fourth-order valence-corrected chi connectivity index (χ4v) is 5.10. The second kappa shape index (κ2) is 8.16. The molecule has 28 heavy (non-hydrogen) atoms. The molecular weight excluding hydrogens is 376 g/mol. The van der Waals surface area contributed by atoms with Crippen LogP contribution < -0.4 is 26.0 Å². The van der Waals surface area contributed by atoms with Crippen molar-refractivity contribution in [1.29, 1.82) is 0 Å². The Morgan fingerprint density at radius 2 is 1.79 bits per heavy atom. The van der Waals surface area contributed by atoms with Crippen LogP contribution in [0.25, 0.3) is 0 Å². The smallest absolute Gasteiger partial charge is 0.253 e. The summed E-state index contributed by atoms with van der Waals surface area (Å²) >= 11 is 1.49. The van der Waals surface area contributed by atoms with E-state index >= 15 is 0 Å². The van der Waals surface area contributed by atoms with Gasteiger partial charge < -0.3 is 20.0 Å². The van der Waals surface area contributed by atoms with E-state index in [1.807, 2.05) is 11.8 Å². The van der Waals surface area contributed by atoms with Crippen molar-refractivity contribution in [3.63, 3.8) is 0 Å². The molecule has 2 fully saturated rings. The summed E-state index contributed by atoms with van der Waals surface area (Å²) in [6.45, 7) is 9.71. The molecule has 0 bridgehead atoms. The van der Waals surface area contributed by atoms with Gasteiger partial charge in [0.25, 0.3) is 10.9 Å². The van der Waals surface area contributed by atoms with Crippen molar-refractivity contribution >= 4 is 33.0 Å². The van der Waals surface area contributed by atoms with E-state index in [1.54, 1.807) is 0 Å². The first kappa shape index (κ1) is 19.3. The zero-order chi connectivity index (χ0) is 19.7. The van der Waals surface area contributed by atoms with Gasteiger partial charge in [-0.25, -0.2) is 0 Å². The maximum absolute atomic E-state index is 12.3. The Morgan fingerprint density at radius 1 is 1.07 bits per heavy atom. The summed E-state index contributed by atoms with van der Waals surface area (Å²) in [4.78, 5) is 31.0. The van der Waals surface area contributed by atoms with Gasteiger partial charge in [0.15, 0.2) is 0 Å². The Labute approximate surface area is 168 Å². The Hall–Kier alpha value is -2.00. The van der Waals surface area contributed by atoms with Crippen LogP contribution in [0.15, 0.2) is 9.59 Å². The van der Waals surface area contributed by atoms with Gasteiger partial charge in [0.1, 0.15) is 11.4 Å². The number of nitrogens with one attached hydrogen (secondary N) is 1. The van der Waals surface area contributed by atoms with Crippen LogP contribution in [-0.2, 0) is 0 Å². The minimum absolute atomic E-state index is 0.292. The highest BCUT2D eigenvalue weighted by molar-refractivity contribution is 7.19. The van der Waals surface area contributed by atoms with Crippen molar-refractivity contribution < 1.29 is 0 Å². The average Bonchev–Trinajstić information content (AvgIpc) is 3.42. The van der Waals surface area contributed by atoms with Crippen molar-refractivity contribution in [2.75, 3.05) is 54.4 Å². The first-order chi connectivity index (χ1) is 13.6. The summed E-state index contributed by atoms with van der Waals surface area (Å²) in [6.07, 6.45) is 4.45. The van der Waals surface area contributed by atoms with Gasteiger partial charge in [-0.15, -0.1) is 10.2 Å². The van der Waals surface area contributed by atoms with Crippen LogP contribution >= 0.6 is 11.3 Å². The average molecular weight is 405 g/mol. The normalized spacial score (nSPS) is 18.9. The first-order valence-corrected chi connectivity index (χ1v) is 11.1. The van der Waals surface area contributed by atoms with Crippen LogP contribution in [0.4, 0.5) is 21.6 Å². The van der Waals surface area contributed by atoms with Gasteiger partial charge in [-0.1, -0.05) is 31.1 Å². The first-order valence-electron chi connectivity index (χ1n) is 10.3. The monoisotopic (exact) mass is 404 g/mol. The summed E-state index contributed by atoms with van der Waals surface area (Å²) in [5.41, 5.74) is 0.0985. The molecule has 4 rings (SSSR count). The third-order valence-corrected chi connectivity index (χ3v) is 6.91. The summed E-state index contributed by atoms with van der Waals surface area (Å²) in [5, 5.41) is 13.6. The van der Waals surface area contributed by atoms with Crippen LogP contribution in [0.1, 0.15) is 39.5 Å². The van der Waals surface area contributed by atoms with Crippen molar-refractivity contribution in [3.8, 4) is 0 Å². The molecule has 0 unspecified atom stereocenters. The van der Waals surface area contributed by atoms with Crippen LogP contribution in [0.2, 0.25) is 0 Å². The van der Waals surface area contributed by atoms with Gasteiger partial charge in [0, 0.05) is 38.8 Å². The molecule has 152 valence electrons. The van der Waals surface area contributed by atoms with Crippen LogP contribution in [0, 0.1) is 0 Å². The molecule has 0 radical (unpaired) electrons. The molecule has 0 amide bonds. The molecule has 1 aliphatic carbocycles. The van der Waals surface area contributed by atoms with E-state index in [-0.39, 0.29) is 0 Å². The molecule has 1 aromatic heterocycles. The lowest BCUT2D eigenvalue weighted by Gasteiger charge is -2.33. The fraction of sp³-hybridized carbons (Fsp3) is 0.684. The summed E-state index contributed by atoms with van der Waals surface area (Å²) in [7, 11) is 0. The quantitative estimate of drug-likeness (QED) is 0.700. The highest BCUT2D eigenvalue weighted by Gasteiger charge is 2.30. The standard InChI is InChI=1S/C19H28N6O2S/c1-3-23-9-11-24(12-10-23)18-21-22-19(28-18)25(4-2)15-14(16(26)17(15)27)20-13-7-5-6-8-13/h13,20H,3-12H2,1-2H3. The maximum Gasteiger partial charge on any atom is 0.253 e. The topological polar surface area (TPSA) is 81.7 Å². The molecule has 9 heteroatoms. The molecular formula is C19H28N6O2S. The molecule has 0 spiro atoms. The van der Waals surface area contributed by atoms with Crippen LogP contribution in [-0.4, -0.2) is 60.4 Å². The number of anilines is 4. The Bertz CT molecular complexity index is 875. The van der Waals surface area contributed by atoms with Gasteiger partial charge in [-0.3, -0.25) is 9.59 Å². The van der Waals surface area contributed by atoms with Crippen LogP contribution in [0.5, 0.6) is 0 Å². The van der Waals surface area contributed by atoms with Crippen LogP contribution in [0.3, 0.4) is 0 Å². The predicted molar refractivity (Wildman–Crippen MR) is 114 cm³/mol. The Balaban J connectivity index is 1.52. The van der Waals surface area contributed by atoms with E-state index in [4.69, 9.17) is 0 Å². The number of hydrogen-bond donors (Lipinski definition) is 1. The molecule has 2 aliphatic rings. The van der Waals surface area contributed by atoms with E-state index in [1.165, 1.54) is 24.2 Å². The van der Waals surface area contributed by atoms with Crippen molar-refractivity contribution in [2.45, 2.75) is 45.6 Å². The SMILES string of the molecule is CCN1CCN(c2nnc(N(CC)c3c(NC4CCCC4)c(=O)c3=O)s2)CC1. The van der Waals surface area contributed by atoms with Gasteiger partial charge in [-0.05, 0) is 26.3 Å². The third kappa shape index (κ3) is 3.53. The number of piperazine rings is 1. The van der Waals surface area contributed by atoms with Gasteiger partial charge in [0.05, 0.1) is 0 Å².